The van der Waals surface area contributed by atoms with Crippen LogP contribution in [0.4, 0.5) is 0 Å². The molecule has 0 atom stereocenters. The summed E-state index contributed by atoms with van der Waals surface area (Å²) in [5, 5.41) is 3.02. The molecule has 0 fully saturated rings. The molecule has 6 heteroatoms. The molecule has 0 aliphatic rings. The molecule has 0 aliphatic carbocycles. The van der Waals surface area contributed by atoms with E-state index < -0.39 is 15.6 Å². The Balaban J connectivity index is 2.18. The number of nitrogens with zero attached hydrogens (tertiary/aromatic N) is 1. The number of hydrogen-bond acceptors (Lipinski definition) is 4. The number of hydrogen-bond donors (Lipinski definition) is 0. The average Bonchev–Trinajstić information content (AvgIpc) is 3.06. The molecule has 0 bridgehead atoms. The minimum Gasteiger partial charge on any atom is -0.268 e. The number of benzene rings is 2. The van der Waals surface area contributed by atoms with Gasteiger partial charge in [0.05, 0.1) is 15.8 Å². The summed E-state index contributed by atoms with van der Waals surface area (Å²) in [4.78, 5) is 13.1. The molecule has 2 aromatic heterocycles. The first kappa shape index (κ1) is 16.1. The van der Waals surface area contributed by atoms with E-state index in [1.807, 2.05) is 31.4 Å². The van der Waals surface area contributed by atoms with E-state index in [1.54, 1.807) is 24.3 Å². The first-order chi connectivity index (χ1) is 11.9. The highest BCUT2D eigenvalue weighted by atomic mass is 32.2. The number of pyridine rings is 1. The predicted molar refractivity (Wildman–Crippen MR) is 102 cm³/mol. The fraction of sp³-hybridized carbons (Fsp3) is 0.105. The van der Waals surface area contributed by atoms with Crippen molar-refractivity contribution in [2.24, 2.45) is 0 Å². The molecular weight excluding hydrogens is 354 g/mol. The van der Waals surface area contributed by atoms with Gasteiger partial charge >= 0.3 is 0 Å². The smallest absolute Gasteiger partial charge is 0.268 e. The summed E-state index contributed by atoms with van der Waals surface area (Å²) in [5.41, 5.74) is 1.87. The van der Waals surface area contributed by atoms with Gasteiger partial charge in [0.25, 0.3) is 15.6 Å². The highest BCUT2D eigenvalue weighted by molar-refractivity contribution is 7.90. The Morgan fingerprint density at radius 2 is 1.56 bits per heavy atom. The van der Waals surface area contributed by atoms with E-state index >= 15 is 0 Å². The standard InChI is InChI=1S/C19H15NO3S2/c1-12-3-6-14(7-4-12)25(22,23)20-17-8-5-13(2)11-16(17)18-15(19(20)21)9-10-24-18/h3-11H,1-2H3. The molecule has 0 spiro atoms. The molecule has 0 saturated heterocycles. The Kier molecular flexibility index (Phi) is 3.56. The van der Waals surface area contributed by atoms with Crippen LogP contribution in [0.15, 0.2) is 63.6 Å². The van der Waals surface area contributed by atoms with E-state index in [1.165, 1.54) is 23.5 Å². The number of thiophene rings is 1. The van der Waals surface area contributed by atoms with Gasteiger partial charge in [-0.1, -0.05) is 29.3 Å². The molecule has 0 aliphatic heterocycles. The van der Waals surface area contributed by atoms with Crippen LogP contribution in [0.2, 0.25) is 0 Å². The second kappa shape index (κ2) is 5.54. The van der Waals surface area contributed by atoms with Crippen molar-refractivity contribution in [2.45, 2.75) is 18.7 Å². The lowest BCUT2D eigenvalue weighted by Crippen LogP contribution is -2.27. The Hall–Kier alpha value is -2.44. The molecule has 126 valence electrons. The molecule has 4 aromatic rings. The van der Waals surface area contributed by atoms with E-state index in [9.17, 15) is 13.2 Å². The van der Waals surface area contributed by atoms with Gasteiger partial charge < -0.3 is 0 Å². The van der Waals surface area contributed by atoms with E-state index in [-0.39, 0.29) is 4.90 Å². The summed E-state index contributed by atoms with van der Waals surface area (Å²) in [6.07, 6.45) is 0. The van der Waals surface area contributed by atoms with Crippen molar-refractivity contribution in [1.82, 2.24) is 3.97 Å². The quantitative estimate of drug-likeness (QED) is 0.535. The first-order valence-corrected chi connectivity index (χ1v) is 10.1. The van der Waals surface area contributed by atoms with Crippen LogP contribution < -0.4 is 5.56 Å². The van der Waals surface area contributed by atoms with E-state index in [4.69, 9.17) is 0 Å². The van der Waals surface area contributed by atoms with Gasteiger partial charge in [0, 0.05) is 10.1 Å². The van der Waals surface area contributed by atoms with Gasteiger partial charge in [0.2, 0.25) is 0 Å². The van der Waals surface area contributed by atoms with Crippen molar-refractivity contribution >= 4 is 42.3 Å². The summed E-state index contributed by atoms with van der Waals surface area (Å²) in [7, 11) is -3.99. The topological polar surface area (TPSA) is 56.1 Å². The maximum absolute atomic E-state index is 13.2. The molecule has 0 unspecified atom stereocenters. The van der Waals surface area contributed by atoms with E-state index in [2.05, 4.69) is 0 Å². The molecule has 2 aromatic carbocycles. The lowest BCUT2D eigenvalue weighted by Gasteiger charge is -2.13. The van der Waals surface area contributed by atoms with Gasteiger partial charge in [0.15, 0.2) is 0 Å². The fourth-order valence-electron chi connectivity index (χ4n) is 2.97. The van der Waals surface area contributed by atoms with E-state index in [0.717, 1.165) is 25.2 Å². The molecule has 0 saturated carbocycles. The van der Waals surface area contributed by atoms with Crippen LogP contribution in [0.25, 0.3) is 21.0 Å². The zero-order valence-corrected chi connectivity index (χ0v) is 15.3. The normalized spacial score (nSPS) is 12.1. The Bertz CT molecular complexity index is 1280. The van der Waals surface area contributed by atoms with Crippen LogP contribution in [0.5, 0.6) is 0 Å². The van der Waals surface area contributed by atoms with Crippen molar-refractivity contribution in [2.75, 3.05) is 0 Å². The predicted octanol–water partition coefficient (Wildman–Crippen LogP) is 4.07. The van der Waals surface area contributed by atoms with Gasteiger partial charge in [-0.3, -0.25) is 4.79 Å². The zero-order valence-electron chi connectivity index (χ0n) is 13.7. The maximum atomic E-state index is 13.2. The minimum atomic E-state index is -3.99. The molecular formula is C19H15NO3S2. The minimum absolute atomic E-state index is 0.108. The number of rotatable bonds is 2. The Morgan fingerprint density at radius 1 is 0.880 bits per heavy atom. The van der Waals surface area contributed by atoms with Crippen molar-refractivity contribution in [1.29, 1.82) is 0 Å². The molecule has 0 radical (unpaired) electrons. The summed E-state index contributed by atoms with van der Waals surface area (Å²) < 4.78 is 28.1. The monoisotopic (exact) mass is 369 g/mol. The highest BCUT2D eigenvalue weighted by Gasteiger charge is 2.23. The van der Waals surface area contributed by atoms with Crippen LogP contribution >= 0.6 is 11.3 Å². The SMILES string of the molecule is Cc1ccc(S(=O)(=O)n2c(=O)c3ccsc3c3cc(C)ccc32)cc1. The number of aryl methyl sites for hydroxylation is 2. The molecule has 25 heavy (non-hydrogen) atoms. The molecule has 0 amide bonds. The van der Waals surface area contributed by atoms with Crippen molar-refractivity contribution < 1.29 is 8.42 Å². The molecule has 0 N–H and O–H groups in total. The lowest BCUT2D eigenvalue weighted by atomic mass is 10.1. The summed E-state index contributed by atoms with van der Waals surface area (Å²) in [6, 6.07) is 13.7. The number of aromatic nitrogens is 1. The Morgan fingerprint density at radius 3 is 2.28 bits per heavy atom. The van der Waals surface area contributed by atoms with Gasteiger partial charge in [-0.15, -0.1) is 11.3 Å². The van der Waals surface area contributed by atoms with Crippen LogP contribution in [0.3, 0.4) is 0 Å². The van der Waals surface area contributed by atoms with Crippen molar-refractivity contribution in [3.05, 3.63) is 75.4 Å². The van der Waals surface area contributed by atoms with Gasteiger partial charge in [0.1, 0.15) is 0 Å². The first-order valence-electron chi connectivity index (χ1n) is 7.74. The number of fused-ring (bicyclic) bond motifs is 3. The fourth-order valence-corrected chi connectivity index (χ4v) is 5.31. The van der Waals surface area contributed by atoms with Gasteiger partial charge in [-0.2, -0.15) is 3.97 Å². The third kappa shape index (κ3) is 2.41. The Labute approximate surface area is 149 Å². The van der Waals surface area contributed by atoms with Crippen molar-refractivity contribution in [3.8, 4) is 0 Å². The van der Waals surface area contributed by atoms with Crippen LogP contribution in [0, 0.1) is 13.8 Å². The van der Waals surface area contributed by atoms with Gasteiger partial charge in [-0.05, 0) is 49.6 Å². The maximum Gasteiger partial charge on any atom is 0.273 e. The summed E-state index contributed by atoms with van der Waals surface area (Å²) in [5.74, 6) is 0. The third-order valence-electron chi connectivity index (χ3n) is 4.25. The highest BCUT2D eigenvalue weighted by Crippen LogP contribution is 2.30. The average molecular weight is 369 g/mol. The van der Waals surface area contributed by atoms with Crippen molar-refractivity contribution in [3.63, 3.8) is 0 Å². The molecule has 2 heterocycles. The van der Waals surface area contributed by atoms with E-state index in [0.29, 0.717) is 10.9 Å². The van der Waals surface area contributed by atoms with Crippen LogP contribution in [-0.2, 0) is 10.0 Å². The zero-order chi connectivity index (χ0) is 17.8. The molecule has 4 nitrogen and oxygen atoms in total. The lowest BCUT2D eigenvalue weighted by molar-refractivity contribution is 0.587. The summed E-state index contributed by atoms with van der Waals surface area (Å²) >= 11 is 1.45. The van der Waals surface area contributed by atoms with Crippen LogP contribution in [0.1, 0.15) is 11.1 Å². The second-order valence-corrected chi connectivity index (χ2v) is 8.77. The summed E-state index contributed by atoms with van der Waals surface area (Å²) in [6.45, 7) is 3.83. The van der Waals surface area contributed by atoms with Crippen LogP contribution in [-0.4, -0.2) is 12.4 Å². The van der Waals surface area contributed by atoms with Gasteiger partial charge in [-0.25, -0.2) is 8.42 Å². The molecule has 4 rings (SSSR count). The third-order valence-corrected chi connectivity index (χ3v) is 6.91. The second-order valence-electron chi connectivity index (χ2n) is 6.07. The largest absolute Gasteiger partial charge is 0.273 e.